The molecule has 0 rings (SSSR count). The third kappa shape index (κ3) is 3.75. The van der Waals surface area contributed by atoms with E-state index in [9.17, 15) is 0 Å². The van der Waals surface area contributed by atoms with Crippen LogP contribution in [0.5, 0.6) is 0 Å². The van der Waals surface area contributed by atoms with Crippen molar-refractivity contribution in [2.75, 3.05) is 0 Å². The third-order valence-corrected chi connectivity index (χ3v) is 1.84. The van der Waals surface area contributed by atoms with Crippen LogP contribution >= 0.6 is 0 Å². The van der Waals surface area contributed by atoms with Crippen molar-refractivity contribution in [3.63, 3.8) is 0 Å². The van der Waals surface area contributed by atoms with Gasteiger partial charge in [-0.3, -0.25) is 0 Å². The Balaban J connectivity index is 5.09. The highest BCUT2D eigenvalue weighted by molar-refractivity contribution is 5.45. The second kappa shape index (κ2) is 6.24. The SMILES string of the molecule is C=C\C=C(C)/C(C=C)=C(C)/C=C\C. The van der Waals surface area contributed by atoms with Crippen LogP contribution < -0.4 is 0 Å². The lowest BCUT2D eigenvalue weighted by Crippen LogP contribution is -1.84. The molecule has 0 saturated heterocycles. The molecule has 0 aromatic heterocycles. The van der Waals surface area contributed by atoms with Crippen LogP contribution in [0.15, 0.2) is 60.3 Å². The number of hydrogen-bond donors (Lipinski definition) is 0. The average molecular weight is 174 g/mol. The van der Waals surface area contributed by atoms with E-state index >= 15 is 0 Å². The van der Waals surface area contributed by atoms with Gasteiger partial charge in [-0.25, -0.2) is 0 Å². The van der Waals surface area contributed by atoms with Gasteiger partial charge in [0.15, 0.2) is 0 Å². The molecule has 0 amide bonds. The van der Waals surface area contributed by atoms with E-state index in [0.29, 0.717) is 0 Å². The highest BCUT2D eigenvalue weighted by Gasteiger charge is 1.96. The van der Waals surface area contributed by atoms with E-state index in [1.54, 1.807) is 6.08 Å². The maximum absolute atomic E-state index is 3.80. The highest BCUT2D eigenvalue weighted by atomic mass is 14.0. The summed E-state index contributed by atoms with van der Waals surface area (Å²) in [6.45, 7) is 13.6. The maximum atomic E-state index is 3.80. The summed E-state index contributed by atoms with van der Waals surface area (Å²) in [5.74, 6) is 0. The minimum atomic E-state index is 1.18. The van der Waals surface area contributed by atoms with Crippen molar-refractivity contribution < 1.29 is 0 Å². The van der Waals surface area contributed by atoms with Crippen molar-refractivity contribution in [3.8, 4) is 0 Å². The summed E-state index contributed by atoms with van der Waals surface area (Å²) in [6.07, 6.45) is 9.77. The van der Waals surface area contributed by atoms with E-state index in [4.69, 9.17) is 0 Å². The first kappa shape index (κ1) is 11.7. The molecule has 0 radical (unpaired) electrons. The van der Waals surface area contributed by atoms with Gasteiger partial charge in [0.05, 0.1) is 0 Å². The second-order valence-electron chi connectivity index (χ2n) is 2.89. The zero-order valence-electron chi connectivity index (χ0n) is 8.80. The summed E-state index contributed by atoms with van der Waals surface area (Å²) in [4.78, 5) is 0. The average Bonchev–Trinajstić information content (AvgIpc) is 2.06. The number of hydrogen-bond acceptors (Lipinski definition) is 0. The van der Waals surface area contributed by atoms with Crippen LogP contribution in [0, 0.1) is 0 Å². The summed E-state index contributed by atoms with van der Waals surface area (Å²) in [7, 11) is 0. The standard InChI is InChI=1S/C13H18/c1-6-9-11(4)13(8-3)12(5)10-7-2/h6-10H,1,3H2,2,4-5H3/b10-7-,11-9-,13-12+. The first-order valence-corrected chi connectivity index (χ1v) is 4.43. The highest BCUT2D eigenvalue weighted by Crippen LogP contribution is 2.16. The van der Waals surface area contributed by atoms with Crippen molar-refractivity contribution in [3.05, 3.63) is 60.3 Å². The lowest BCUT2D eigenvalue weighted by atomic mass is 10.0. The molecule has 0 unspecified atom stereocenters. The molecule has 0 nitrogen and oxygen atoms in total. The fraction of sp³-hybridized carbons (Fsp3) is 0.231. The zero-order chi connectivity index (χ0) is 10.3. The molecule has 0 heteroatoms. The van der Waals surface area contributed by atoms with Crippen molar-refractivity contribution in [2.24, 2.45) is 0 Å². The Morgan fingerprint density at radius 3 is 2.15 bits per heavy atom. The monoisotopic (exact) mass is 174 g/mol. The summed E-state index contributed by atoms with van der Waals surface area (Å²) in [6, 6.07) is 0. The van der Waals surface area contributed by atoms with E-state index in [1.165, 1.54) is 16.7 Å². The second-order valence-corrected chi connectivity index (χ2v) is 2.89. The van der Waals surface area contributed by atoms with Gasteiger partial charge >= 0.3 is 0 Å². The largest absolute Gasteiger partial charge is 0.0991 e. The molecule has 0 aliphatic carbocycles. The first-order chi connectivity index (χ1) is 6.17. The Hall–Kier alpha value is -1.30. The normalized spacial score (nSPS) is 14.2. The molecule has 0 aliphatic heterocycles. The molecule has 0 aliphatic rings. The molecule has 0 heterocycles. The number of rotatable bonds is 4. The van der Waals surface area contributed by atoms with E-state index in [1.807, 2.05) is 25.2 Å². The van der Waals surface area contributed by atoms with Crippen molar-refractivity contribution >= 4 is 0 Å². The van der Waals surface area contributed by atoms with Crippen LogP contribution in [-0.4, -0.2) is 0 Å². The minimum Gasteiger partial charge on any atom is -0.0991 e. The molecule has 0 atom stereocenters. The van der Waals surface area contributed by atoms with Crippen LogP contribution in [0.1, 0.15) is 20.8 Å². The van der Waals surface area contributed by atoms with Crippen LogP contribution in [0.3, 0.4) is 0 Å². The fourth-order valence-corrected chi connectivity index (χ4v) is 1.24. The molecule has 0 fully saturated rings. The van der Waals surface area contributed by atoms with Crippen molar-refractivity contribution in [1.82, 2.24) is 0 Å². The molecular formula is C13H18. The smallest absolute Gasteiger partial charge is 0.0204 e. The van der Waals surface area contributed by atoms with E-state index in [2.05, 4.69) is 33.1 Å². The topological polar surface area (TPSA) is 0 Å². The minimum absolute atomic E-state index is 1.18. The van der Waals surface area contributed by atoms with Gasteiger partial charge in [-0.15, -0.1) is 0 Å². The van der Waals surface area contributed by atoms with Crippen LogP contribution in [-0.2, 0) is 0 Å². The van der Waals surface area contributed by atoms with Gasteiger partial charge in [-0.2, -0.15) is 0 Å². The Morgan fingerprint density at radius 1 is 1.15 bits per heavy atom. The quantitative estimate of drug-likeness (QED) is 0.560. The molecule has 0 N–H and O–H groups in total. The Morgan fingerprint density at radius 2 is 1.77 bits per heavy atom. The molecule has 0 saturated carbocycles. The van der Waals surface area contributed by atoms with E-state index in [-0.39, 0.29) is 0 Å². The molecule has 0 aromatic rings. The summed E-state index contributed by atoms with van der Waals surface area (Å²) in [5.41, 5.74) is 3.60. The van der Waals surface area contributed by atoms with Crippen molar-refractivity contribution in [2.45, 2.75) is 20.8 Å². The van der Waals surface area contributed by atoms with Gasteiger partial charge in [0.2, 0.25) is 0 Å². The van der Waals surface area contributed by atoms with Gasteiger partial charge < -0.3 is 0 Å². The van der Waals surface area contributed by atoms with E-state index in [0.717, 1.165) is 0 Å². The first-order valence-electron chi connectivity index (χ1n) is 4.43. The number of allylic oxidation sites excluding steroid dienone is 8. The molecule has 13 heavy (non-hydrogen) atoms. The van der Waals surface area contributed by atoms with Gasteiger partial charge in [-0.1, -0.05) is 43.5 Å². The maximum Gasteiger partial charge on any atom is -0.0204 e. The van der Waals surface area contributed by atoms with Crippen LogP contribution in [0.25, 0.3) is 0 Å². The van der Waals surface area contributed by atoms with Gasteiger partial charge in [-0.05, 0) is 37.5 Å². The molecule has 70 valence electrons. The summed E-state index contributed by atoms with van der Waals surface area (Å²) in [5, 5.41) is 0. The van der Waals surface area contributed by atoms with Crippen LogP contribution in [0.4, 0.5) is 0 Å². The molecule has 0 spiro atoms. The van der Waals surface area contributed by atoms with Gasteiger partial charge in [0, 0.05) is 0 Å². The Bertz CT molecular complexity index is 272. The lowest BCUT2D eigenvalue weighted by Gasteiger charge is -2.04. The zero-order valence-corrected chi connectivity index (χ0v) is 8.80. The van der Waals surface area contributed by atoms with Crippen LogP contribution in [0.2, 0.25) is 0 Å². The Labute approximate surface area is 81.7 Å². The summed E-state index contributed by atoms with van der Waals surface area (Å²) < 4.78 is 0. The summed E-state index contributed by atoms with van der Waals surface area (Å²) >= 11 is 0. The lowest BCUT2D eigenvalue weighted by molar-refractivity contribution is 1.34. The Kier molecular flexibility index (Phi) is 5.62. The molecular weight excluding hydrogens is 156 g/mol. The van der Waals surface area contributed by atoms with Crippen molar-refractivity contribution in [1.29, 1.82) is 0 Å². The molecule has 0 bridgehead atoms. The van der Waals surface area contributed by atoms with Gasteiger partial charge in [0.25, 0.3) is 0 Å². The predicted octanol–water partition coefficient (Wildman–Crippen LogP) is 4.20. The fourth-order valence-electron chi connectivity index (χ4n) is 1.24. The van der Waals surface area contributed by atoms with Gasteiger partial charge in [0.1, 0.15) is 0 Å². The van der Waals surface area contributed by atoms with E-state index < -0.39 is 0 Å². The predicted molar refractivity (Wildman–Crippen MR) is 61.7 cm³/mol. The third-order valence-electron chi connectivity index (χ3n) is 1.84. The molecule has 0 aromatic carbocycles.